The van der Waals surface area contributed by atoms with Gasteiger partial charge < -0.3 is 15.3 Å². The molecule has 4 aromatic rings. The van der Waals surface area contributed by atoms with Crippen LogP contribution in [0.5, 0.6) is 5.75 Å². The zero-order valence-corrected chi connectivity index (χ0v) is 16.3. The van der Waals surface area contributed by atoms with Crippen LogP contribution in [-0.2, 0) is 0 Å². The standard InChI is InChI=1S/C23H21N5O2/c29-19-6-4-17(5-7-19)25-23(30)22-20-12-15(3-8-21(20)26-27-22)16-11-18(14-24-13-16)28-9-1-2-10-28/h3-8,11-14,29H,1-2,9-10H2,(H,25,30)(H,26,27). The highest BCUT2D eigenvalue weighted by atomic mass is 16.3. The third kappa shape index (κ3) is 3.45. The summed E-state index contributed by atoms with van der Waals surface area (Å²) >= 11 is 0. The molecule has 3 N–H and O–H groups in total. The fourth-order valence-corrected chi connectivity index (χ4v) is 3.84. The maximum Gasteiger partial charge on any atom is 0.276 e. The van der Waals surface area contributed by atoms with E-state index in [1.54, 1.807) is 12.1 Å². The second kappa shape index (κ2) is 7.51. The Morgan fingerprint density at radius 3 is 2.60 bits per heavy atom. The van der Waals surface area contributed by atoms with Gasteiger partial charge in [0.15, 0.2) is 5.69 Å². The van der Waals surface area contributed by atoms with Crippen molar-refractivity contribution in [2.24, 2.45) is 0 Å². The number of hydrogen-bond acceptors (Lipinski definition) is 5. The van der Waals surface area contributed by atoms with Crippen molar-refractivity contribution in [2.45, 2.75) is 12.8 Å². The summed E-state index contributed by atoms with van der Waals surface area (Å²) in [5.74, 6) is -0.166. The number of pyridine rings is 1. The number of fused-ring (bicyclic) bond motifs is 1. The van der Waals surface area contributed by atoms with Gasteiger partial charge >= 0.3 is 0 Å². The van der Waals surface area contributed by atoms with E-state index >= 15 is 0 Å². The summed E-state index contributed by atoms with van der Waals surface area (Å²) in [5.41, 5.74) is 4.82. The molecule has 1 aliphatic rings. The highest BCUT2D eigenvalue weighted by Crippen LogP contribution is 2.29. The molecule has 30 heavy (non-hydrogen) atoms. The van der Waals surface area contributed by atoms with E-state index in [-0.39, 0.29) is 11.7 Å². The van der Waals surface area contributed by atoms with Gasteiger partial charge in [-0.25, -0.2) is 0 Å². The highest BCUT2D eigenvalue weighted by Gasteiger charge is 2.17. The van der Waals surface area contributed by atoms with Gasteiger partial charge in [-0.05, 0) is 60.9 Å². The second-order valence-electron chi connectivity index (χ2n) is 7.46. The summed E-state index contributed by atoms with van der Waals surface area (Å²) in [5, 5.41) is 20.1. The third-order valence-corrected chi connectivity index (χ3v) is 5.43. The van der Waals surface area contributed by atoms with Crippen molar-refractivity contribution >= 4 is 28.2 Å². The van der Waals surface area contributed by atoms with Gasteiger partial charge in [0.2, 0.25) is 0 Å². The Morgan fingerprint density at radius 1 is 1.00 bits per heavy atom. The fraction of sp³-hybridized carbons (Fsp3) is 0.174. The van der Waals surface area contributed by atoms with Crippen molar-refractivity contribution in [3.05, 3.63) is 66.6 Å². The van der Waals surface area contributed by atoms with E-state index in [2.05, 4.69) is 31.5 Å². The quantitative estimate of drug-likeness (QED) is 0.448. The lowest BCUT2D eigenvalue weighted by Gasteiger charge is -2.17. The summed E-state index contributed by atoms with van der Waals surface area (Å²) in [4.78, 5) is 19.6. The number of phenols is 1. The molecule has 7 nitrogen and oxygen atoms in total. The minimum atomic E-state index is -0.312. The number of carbonyl (C=O) groups is 1. The lowest BCUT2D eigenvalue weighted by Crippen LogP contribution is -2.17. The first-order valence-corrected chi connectivity index (χ1v) is 9.96. The monoisotopic (exact) mass is 399 g/mol. The molecular formula is C23H21N5O2. The molecule has 1 aliphatic heterocycles. The topological polar surface area (TPSA) is 94.1 Å². The molecule has 0 atom stereocenters. The van der Waals surface area contributed by atoms with Crippen LogP contribution in [0.15, 0.2) is 60.9 Å². The summed E-state index contributed by atoms with van der Waals surface area (Å²) < 4.78 is 0. The van der Waals surface area contributed by atoms with E-state index in [0.29, 0.717) is 11.4 Å². The predicted molar refractivity (Wildman–Crippen MR) is 117 cm³/mol. The zero-order chi connectivity index (χ0) is 20.5. The Bertz CT molecular complexity index is 1210. The molecule has 0 aliphatic carbocycles. The number of nitrogens with one attached hydrogen (secondary N) is 2. The van der Waals surface area contributed by atoms with Gasteiger partial charge in [0.1, 0.15) is 5.75 Å². The number of rotatable bonds is 4. The Labute approximate surface area is 173 Å². The van der Waals surface area contributed by atoms with Gasteiger partial charge in [-0.15, -0.1) is 0 Å². The molecule has 3 heterocycles. The minimum absolute atomic E-state index is 0.146. The molecule has 0 saturated carbocycles. The number of amides is 1. The maximum atomic E-state index is 12.8. The first-order valence-electron chi connectivity index (χ1n) is 9.96. The van der Waals surface area contributed by atoms with Crippen molar-refractivity contribution in [3.63, 3.8) is 0 Å². The summed E-state index contributed by atoms with van der Waals surface area (Å²) in [6.45, 7) is 2.13. The number of carbonyl (C=O) groups excluding carboxylic acids is 1. The fourth-order valence-electron chi connectivity index (χ4n) is 3.84. The number of phenolic OH excluding ortho intramolecular Hbond substituents is 1. The lowest BCUT2D eigenvalue weighted by molar-refractivity contribution is 0.102. The average molecular weight is 399 g/mol. The molecule has 1 amide bonds. The van der Waals surface area contributed by atoms with E-state index in [0.717, 1.165) is 40.8 Å². The van der Waals surface area contributed by atoms with Crippen LogP contribution in [0.4, 0.5) is 11.4 Å². The normalized spacial score (nSPS) is 13.7. The van der Waals surface area contributed by atoms with E-state index in [1.165, 1.54) is 25.0 Å². The Balaban J connectivity index is 1.46. The van der Waals surface area contributed by atoms with Crippen LogP contribution in [0, 0.1) is 0 Å². The van der Waals surface area contributed by atoms with Crippen molar-refractivity contribution in [1.29, 1.82) is 0 Å². The Hall–Kier alpha value is -3.87. The van der Waals surface area contributed by atoms with Gasteiger partial charge in [-0.1, -0.05) is 6.07 Å². The van der Waals surface area contributed by atoms with Crippen LogP contribution >= 0.6 is 0 Å². The van der Waals surface area contributed by atoms with Crippen LogP contribution in [0.2, 0.25) is 0 Å². The van der Waals surface area contributed by atoms with E-state index in [4.69, 9.17) is 0 Å². The lowest BCUT2D eigenvalue weighted by atomic mass is 10.0. The first-order chi connectivity index (χ1) is 14.7. The largest absolute Gasteiger partial charge is 0.508 e. The average Bonchev–Trinajstić information content (AvgIpc) is 3.45. The number of aromatic nitrogens is 3. The first kappa shape index (κ1) is 18.2. The van der Waals surface area contributed by atoms with Gasteiger partial charge in [-0.2, -0.15) is 5.10 Å². The molecule has 1 saturated heterocycles. The Morgan fingerprint density at radius 2 is 1.80 bits per heavy atom. The highest BCUT2D eigenvalue weighted by molar-refractivity contribution is 6.11. The third-order valence-electron chi connectivity index (χ3n) is 5.43. The minimum Gasteiger partial charge on any atom is -0.508 e. The van der Waals surface area contributed by atoms with Gasteiger partial charge in [0.25, 0.3) is 5.91 Å². The molecule has 0 unspecified atom stereocenters. The maximum absolute atomic E-state index is 12.8. The molecular weight excluding hydrogens is 378 g/mol. The molecule has 2 aromatic heterocycles. The number of H-pyrrole nitrogens is 1. The zero-order valence-electron chi connectivity index (χ0n) is 16.3. The van der Waals surface area contributed by atoms with Gasteiger partial charge in [-0.3, -0.25) is 14.9 Å². The summed E-state index contributed by atoms with van der Waals surface area (Å²) in [6, 6.07) is 14.4. The van der Waals surface area contributed by atoms with E-state index in [1.807, 2.05) is 30.6 Å². The molecule has 0 bridgehead atoms. The smallest absolute Gasteiger partial charge is 0.276 e. The van der Waals surface area contributed by atoms with Crippen LogP contribution in [-0.4, -0.2) is 39.3 Å². The molecule has 5 rings (SSSR count). The van der Waals surface area contributed by atoms with Crippen LogP contribution < -0.4 is 10.2 Å². The van der Waals surface area contributed by atoms with Crippen LogP contribution in [0.25, 0.3) is 22.0 Å². The molecule has 1 fully saturated rings. The number of anilines is 2. The molecule has 7 heteroatoms. The molecule has 0 radical (unpaired) electrons. The van der Waals surface area contributed by atoms with Crippen LogP contribution in [0.3, 0.4) is 0 Å². The molecule has 150 valence electrons. The summed E-state index contributed by atoms with van der Waals surface area (Å²) in [6.07, 6.45) is 6.17. The number of benzene rings is 2. The van der Waals surface area contributed by atoms with Crippen molar-refractivity contribution in [3.8, 4) is 16.9 Å². The van der Waals surface area contributed by atoms with Gasteiger partial charge in [0, 0.05) is 35.9 Å². The van der Waals surface area contributed by atoms with Crippen molar-refractivity contribution in [1.82, 2.24) is 15.2 Å². The predicted octanol–water partition coefficient (Wildman–Crippen LogP) is 4.18. The second-order valence-corrected chi connectivity index (χ2v) is 7.46. The van der Waals surface area contributed by atoms with E-state index < -0.39 is 0 Å². The molecule has 0 spiro atoms. The molecule has 2 aromatic carbocycles. The number of aromatic hydroxyl groups is 1. The SMILES string of the molecule is O=C(Nc1ccc(O)cc1)c1n[nH]c2ccc(-c3cncc(N4CCCC4)c3)cc12. The van der Waals surface area contributed by atoms with Crippen molar-refractivity contribution < 1.29 is 9.90 Å². The van der Waals surface area contributed by atoms with Crippen LogP contribution in [0.1, 0.15) is 23.3 Å². The summed E-state index contributed by atoms with van der Waals surface area (Å²) in [7, 11) is 0. The van der Waals surface area contributed by atoms with Crippen molar-refractivity contribution in [2.75, 3.05) is 23.3 Å². The van der Waals surface area contributed by atoms with E-state index in [9.17, 15) is 9.90 Å². The number of nitrogens with zero attached hydrogens (tertiary/aromatic N) is 3. The Kier molecular flexibility index (Phi) is 4.55. The number of hydrogen-bond donors (Lipinski definition) is 3. The van der Waals surface area contributed by atoms with Gasteiger partial charge in [0.05, 0.1) is 17.4 Å². The number of aromatic amines is 1.